The Kier molecular flexibility index (Phi) is 5.18. The predicted molar refractivity (Wildman–Crippen MR) is 81.9 cm³/mol. The summed E-state index contributed by atoms with van der Waals surface area (Å²) in [5.74, 6) is 0.386. The molecule has 0 radical (unpaired) electrons. The molecule has 0 aromatic heterocycles. The van der Waals surface area contributed by atoms with Gasteiger partial charge in [-0.1, -0.05) is 30.3 Å². The summed E-state index contributed by atoms with van der Waals surface area (Å²) in [4.78, 5) is 0. The van der Waals surface area contributed by atoms with Crippen LogP contribution in [0.15, 0.2) is 30.3 Å². The van der Waals surface area contributed by atoms with E-state index in [0.717, 1.165) is 25.7 Å². The molecule has 0 aliphatic carbocycles. The lowest BCUT2D eigenvalue weighted by Gasteiger charge is -2.32. The van der Waals surface area contributed by atoms with Crippen LogP contribution in [0.4, 0.5) is 0 Å². The smallest absolute Gasteiger partial charge is 0.211 e. The van der Waals surface area contributed by atoms with Gasteiger partial charge in [0.1, 0.15) is 0 Å². The van der Waals surface area contributed by atoms with Crippen molar-refractivity contribution in [3.63, 3.8) is 0 Å². The van der Waals surface area contributed by atoms with Crippen LogP contribution in [0.1, 0.15) is 24.8 Å². The van der Waals surface area contributed by atoms with E-state index in [1.54, 1.807) is 4.31 Å². The molecule has 4 nitrogen and oxygen atoms in total. The van der Waals surface area contributed by atoms with Gasteiger partial charge in [0.2, 0.25) is 10.0 Å². The van der Waals surface area contributed by atoms with Crippen LogP contribution in [0.25, 0.3) is 0 Å². The number of nitrogens with zero attached hydrogens (tertiary/aromatic N) is 1. The predicted octanol–water partition coefficient (Wildman–Crippen LogP) is 1.62. The molecule has 20 heavy (non-hydrogen) atoms. The molecule has 2 rings (SSSR count). The van der Waals surface area contributed by atoms with E-state index in [-0.39, 0.29) is 6.04 Å². The van der Waals surface area contributed by atoms with Crippen LogP contribution < -0.4 is 5.73 Å². The first-order valence-corrected chi connectivity index (χ1v) is 9.04. The minimum absolute atomic E-state index is 0.0990. The fourth-order valence-corrected chi connectivity index (χ4v) is 3.89. The lowest BCUT2D eigenvalue weighted by molar-refractivity contribution is 0.246. The average Bonchev–Trinajstić information content (AvgIpc) is 2.39. The zero-order chi connectivity index (χ0) is 14.6. The van der Waals surface area contributed by atoms with E-state index in [2.05, 4.69) is 12.1 Å². The molecule has 0 saturated carbocycles. The van der Waals surface area contributed by atoms with E-state index < -0.39 is 10.0 Å². The van der Waals surface area contributed by atoms with Gasteiger partial charge in [-0.25, -0.2) is 12.7 Å². The third-order valence-corrected chi connectivity index (χ3v) is 5.20. The molecule has 5 heteroatoms. The van der Waals surface area contributed by atoms with Crippen LogP contribution in [0, 0.1) is 5.92 Å². The van der Waals surface area contributed by atoms with Crippen LogP contribution in [0.3, 0.4) is 0 Å². The molecule has 2 unspecified atom stereocenters. The van der Waals surface area contributed by atoms with E-state index in [1.165, 1.54) is 11.8 Å². The summed E-state index contributed by atoms with van der Waals surface area (Å²) in [6.07, 6.45) is 5.06. The minimum atomic E-state index is -3.06. The van der Waals surface area contributed by atoms with E-state index in [4.69, 9.17) is 5.73 Å². The molecule has 0 amide bonds. The molecule has 2 atom stereocenters. The molecular weight excluding hydrogens is 272 g/mol. The number of piperidine rings is 1. The maximum atomic E-state index is 11.6. The van der Waals surface area contributed by atoms with E-state index in [0.29, 0.717) is 19.0 Å². The summed E-state index contributed by atoms with van der Waals surface area (Å²) < 4.78 is 24.8. The second-order valence-corrected chi connectivity index (χ2v) is 7.80. The highest BCUT2D eigenvalue weighted by molar-refractivity contribution is 7.88. The van der Waals surface area contributed by atoms with Crippen molar-refractivity contribution in [3.05, 3.63) is 35.9 Å². The third kappa shape index (κ3) is 4.58. The van der Waals surface area contributed by atoms with Crippen molar-refractivity contribution in [3.8, 4) is 0 Å². The molecular formula is C15H24N2O2S. The molecule has 1 aliphatic rings. The number of rotatable bonds is 5. The van der Waals surface area contributed by atoms with Crippen LogP contribution in [-0.4, -0.2) is 38.1 Å². The zero-order valence-electron chi connectivity index (χ0n) is 12.0. The van der Waals surface area contributed by atoms with Crippen LogP contribution in [-0.2, 0) is 16.4 Å². The summed E-state index contributed by atoms with van der Waals surface area (Å²) in [5, 5.41) is 0. The van der Waals surface area contributed by atoms with Gasteiger partial charge in [0.25, 0.3) is 0 Å². The zero-order valence-corrected chi connectivity index (χ0v) is 12.8. The first-order valence-electron chi connectivity index (χ1n) is 7.20. The SMILES string of the molecule is CS(=O)(=O)N1CCCC(CC(N)Cc2ccccc2)C1. The Labute approximate surface area is 122 Å². The molecule has 112 valence electrons. The Bertz CT molecular complexity index is 516. The van der Waals surface area contributed by atoms with Gasteiger partial charge in [-0.2, -0.15) is 0 Å². The molecule has 1 aromatic rings. The van der Waals surface area contributed by atoms with Gasteiger partial charge >= 0.3 is 0 Å². The molecule has 1 aliphatic heterocycles. The maximum absolute atomic E-state index is 11.6. The summed E-state index contributed by atoms with van der Waals surface area (Å²) in [5.41, 5.74) is 7.47. The first kappa shape index (κ1) is 15.5. The summed E-state index contributed by atoms with van der Waals surface area (Å²) in [7, 11) is -3.06. The highest BCUT2D eigenvalue weighted by Gasteiger charge is 2.26. The number of sulfonamides is 1. The average molecular weight is 296 g/mol. The van der Waals surface area contributed by atoms with Crippen molar-refractivity contribution in [2.45, 2.75) is 31.7 Å². The lowest BCUT2D eigenvalue weighted by atomic mass is 9.90. The molecule has 1 heterocycles. The van der Waals surface area contributed by atoms with Crippen LogP contribution >= 0.6 is 0 Å². The van der Waals surface area contributed by atoms with Crippen LogP contribution in [0.2, 0.25) is 0 Å². The highest BCUT2D eigenvalue weighted by atomic mass is 32.2. The lowest BCUT2D eigenvalue weighted by Crippen LogP contribution is -2.41. The van der Waals surface area contributed by atoms with E-state index in [9.17, 15) is 8.42 Å². The van der Waals surface area contributed by atoms with Crippen molar-refractivity contribution in [1.82, 2.24) is 4.31 Å². The Hall–Kier alpha value is -0.910. The Morgan fingerprint density at radius 1 is 1.35 bits per heavy atom. The van der Waals surface area contributed by atoms with Crippen molar-refractivity contribution in [1.29, 1.82) is 0 Å². The fourth-order valence-electron chi connectivity index (χ4n) is 2.95. The topological polar surface area (TPSA) is 63.4 Å². The van der Waals surface area contributed by atoms with Gasteiger partial charge in [-0.15, -0.1) is 0 Å². The third-order valence-electron chi connectivity index (χ3n) is 3.93. The van der Waals surface area contributed by atoms with Gasteiger partial charge in [0.15, 0.2) is 0 Å². The van der Waals surface area contributed by atoms with Crippen molar-refractivity contribution in [2.24, 2.45) is 11.7 Å². The van der Waals surface area contributed by atoms with Gasteiger partial charge in [0.05, 0.1) is 6.26 Å². The molecule has 2 N–H and O–H groups in total. The largest absolute Gasteiger partial charge is 0.327 e. The normalized spacial score (nSPS) is 22.6. The van der Waals surface area contributed by atoms with Crippen molar-refractivity contribution >= 4 is 10.0 Å². The van der Waals surface area contributed by atoms with Crippen molar-refractivity contribution in [2.75, 3.05) is 19.3 Å². The number of benzene rings is 1. The molecule has 0 bridgehead atoms. The second kappa shape index (κ2) is 6.70. The Balaban J connectivity index is 1.86. The van der Waals surface area contributed by atoms with Gasteiger partial charge in [-0.3, -0.25) is 0 Å². The summed E-state index contributed by atoms with van der Waals surface area (Å²) >= 11 is 0. The number of hydrogen-bond donors (Lipinski definition) is 1. The Morgan fingerprint density at radius 2 is 2.05 bits per heavy atom. The maximum Gasteiger partial charge on any atom is 0.211 e. The molecule has 0 spiro atoms. The van der Waals surface area contributed by atoms with Crippen LogP contribution in [0.5, 0.6) is 0 Å². The standard InChI is InChI=1S/C15H24N2O2S/c1-20(18,19)17-9-5-8-14(12-17)11-15(16)10-13-6-3-2-4-7-13/h2-4,6-7,14-15H,5,8-12,16H2,1H3. The molecule has 1 saturated heterocycles. The highest BCUT2D eigenvalue weighted by Crippen LogP contribution is 2.23. The molecule has 1 fully saturated rings. The second-order valence-electron chi connectivity index (χ2n) is 5.81. The number of nitrogens with two attached hydrogens (primary N) is 1. The summed E-state index contributed by atoms with van der Waals surface area (Å²) in [6, 6.07) is 10.3. The Morgan fingerprint density at radius 3 is 2.70 bits per heavy atom. The molecule has 1 aromatic carbocycles. The fraction of sp³-hybridized carbons (Fsp3) is 0.600. The van der Waals surface area contributed by atoms with Gasteiger partial charge in [0, 0.05) is 19.1 Å². The van der Waals surface area contributed by atoms with Gasteiger partial charge in [-0.05, 0) is 37.2 Å². The minimum Gasteiger partial charge on any atom is -0.327 e. The first-order chi connectivity index (χ1) is 9.45. The van der Waals surface area contributed by atoms with Crippen molar-refractivity contribution < 1.29 is 8.42 Å². The van der Waals surface area contributed by atoms with E-state index >= 15 is 0 Å². The van der Waals surface area contributed by atoms with E-state index in [1.807, 2.05) is 18.2 Å². The summed E-state index contributed by atoms with van der Waals surface area (Å²) in [6.45, 7) is 1.28. The monoisotopic (exact) mass is 296 g/mol. The number of hydrogen-bond acceptors (Lipinski definition) is 3. The van der Waals surface area contributed by atoms with Gasteiger partial charge < -0.3 is 5.73 Å². The quantitative estimate of drug-likeness (QED) is 0.898.